The SMILES string of the molecule is Nc1cnc2cccc(C(=O)O)c2c1. The highest BCUT2D eigenvalue weighted by Crippen LogP contribution is 2.18. The first-order valence-electron chi connectivity index (χ1n) is 4.06. The van der Waals surface area contributed by atoms with Crippen molar-refractivity contribution >= 4 is 22.6 Å². The summed E-state index contributed by atoms with van der Waals surface area (Å²) in [5.74, 6) is -0.969. The molecule has 0 bridgehead atoms. The van der Waals surface area contributed by atoms with E-state index in [1.165, 1.54) is 12.3 Å². The molecule has 0 saturated heterocycles. The zero-order valence-electron chi connectivity index (χ0n) is 7.27. The Labute approximate surface area is 80.0 Å². The Morgan fingerprint density at radius 1 is 1.43 bits per heavy atom. The Kier molecular flexibility index (Phi) is 1.81. The molecule has 0 saturated carbocycles. The number of anilines is 1. The van der Waals surface area contributed by atoms with Crippen LogP contribution >= 0.6 is 0 Å². The number of aromatic nitrogens is 1. The molecular formula is C10H8N2O2. The van der Waals surface area contributed by atoms with Crippen molar-refractivity contribution in [1.29, 1.82) is 0 Å². The number of nitrogens with two attached hydrogens (primary N) is 1. The lowest BCUT2D eigenvalue weighted by Crippen LogP contribution is -1.98. The highest BCUT2D eigenvalue weighted by Gasteiger charge is 2.08. The van der Waals surface area contributed by atoms with Gasteiger partial charge in [-0.1, -0.05) is 6.07 Å². The molecule has 14 heavy (non-hydrogen) atoms. The number of aromatic carboxylic acids is 1. The van der Waals surface area contributed by atoms with Gasteiger partial charge in [0.15, 0.2) is 0 Å². The Morgan fingerprint density at radius 3 is 2.93 bits per heavy atom. The van der Waals surface area contributed by atoms with Crippen molar-refractivity contribution < 1.29 is 9.90 Å². The minimum Gasteiger partial charge on any atom is -0.478 e. The van der Waals surface area contributed by atoms with Crippen molar-refractivity contribution in [2.75, 3.05) is 5.73 Å². The summed E-state index contributed by atoms with van der Waals surface area (Å²) in [6.45, 7) is 0. The van der Waals surface area contributed by atoms with E-state index in [2.05, 4.69) is 4.98 Å². The van der Waals surface area contributed by atoms with Crippen molar-refractivity contribution in [3.8, 4) is 0 Å². The van der Waals surface area contributed by atoms with E-state index in [9.17, 15) is 4.79 Å². The molecule has 1 heterocycles. The number of pyridine rings is 1. The molecule has 0 fully saturated rings. The molecule has 3 N–H and O–H groups in total. The van der Waals surface area contributed by atoms with Gasteiger partial charge < -0.3 is 10.8 Å². The number of carboxylic acids is 1. The molecule has 0 unspecified atom stereocenters. The van der Waals surface area contributed by atoms with Gasteiger partial charge in [0, 0.05) is 5.39 Å². The highest BCUT2D eigenvalue weighted by atomic mass is 16.4. The van der Waals surface area contributed by atoms with E-state index in [1.807, 2.05) is 0 Å². The van der Waals surface area contributed by atoms with Gasteiger partial charge in [-0.05, 0) is 18.2 Å². The van der Waals surface area contributed by atoms with Crippen LogP contribution in [-0.4, -0.2) is 16.1 Å². The van der Waals surface area contributed by atoms with Crippen molar-refractivity contribution in [2.45, 2.75) is 0 Å². The van der Waals surface area contributed by atoms with Crippen molar-refractivity contribution in [3.05, 3.63) is 36.0 Å². The van der Waals surface area contributed by atoms with Crippen LogP contribution in [0.2, 0.25) is 0 Å². The van der Waals surface area contributed by atoms with Gasteiger partial charge in [0.25, 0.3) is 0 Å². The lowest BCUT2D eigenvalue weighted by atomic mass is 10.1. The molecule has 0 aliphatic carbocycles. The average Bonchev–Trinajstić information content (AvgIpc) is 2.16. The van der Waals surface area contributed by atoms with Gasteiger partial charge >= 0.3 is 5.97 Å². The molecule has 2 rings (SSSR count). The molecular weight excluding hydrogens is 180 g/mol. The summed E-state index contributed by atoms with van der Waals surface area (Å²) in [5, 5.41) is 9.47. The number of carboxylic acid groups (broad SMARTS) is 1. The standard InChI is InChI=1S/C10H8N2O2/c11-6-4-8-7(10(13)14)2-1-3-9(8)12-5-6/h1-5H,11H2,(H,13,14). The highest BCUT2D eigenvalue weighted by molar-refractivity contribution is 6.03. The lowest BCUT2D eigenvalue weighted by molar-refractivity contribution is 0.0699. The lowest BCUT2D eigenvalue weighted by Gasteiger charge is -2.01. The van der Waals surface area contributed by atoms with Gasteiger partial charge in [-0.15, -0.1) is 0 Å². The zero-order chi connectivity index (χ0) is 10.1. The first-order chi connectivity index (χ1) is 6.68. The number of carbonyl (C=O) groups is 1. The van der Waals surface area contributed by atoms with Crippen molar-refractivity contribution in [1.82, 2.24) is 4.98 Å². The molecule has 70 valence electrons. The van der Waals surface area contributed by atoms with Gasteiger partial charge in [0.1, 0.15) is 0 Å². The monoisotopic (exact) mass is 188 g/mol. The van der Waals surface area contributed by atoms with Gasteiger partial charge in [-0.3, -0.25) is 4.98 Å². The molecule has 1 aromatic heterocycles. The second-order valence-corrected chi connectivity index (χ2v) is 2.95. The van der Waals surface area contributed by atoms with Crippen LogP contribution in [0, 0.1) is 0 Å². The third kappa shape index (κ3) is 1.26. The first-order valence-corrected chi connectivity index (χ1v) is 4.06. The molecule has 0 radical (unpaired) electrons. The van der Waals surface area contributed by atoms with Crippen LogP contribution in [0.15, 0.2) is 30.5 Å². The van der Waals surface area contributed by atoms with E-state index in [-0.39, 0.29) is 5.56 Å². The molecule has 0 amide bonds. The van der Waals surface area contributed by atoms with Gasteiger partial charge in [0.05, 0.1) is 23.0 Å². The van der Waals surface area contributed by atoms with E-state index in [0.29, 0.717) is 16.6 Å². The van der Waals surface area contributed by atoms with Gasteiger partial charge in [0.2, 0.25) is 0 Å². The van der Waals surface area contributed by atoms with Gasteiger partial charge in [-0.2, -0.15) is 0 Å². The summed E-state index contributed by atoms with van der Waals surface area (Å²) < 4.78 is 0. The first kappa shape index (κ1) is 8.50. The fourth-order valence-electron chi connectivity index (χ4n) is 1.35. The van der Waals surface area contributed by atoms with Crippen LogP contribution in [0.1, 0.15) is 10.4 Å². The normalized spacial score (nSPS) is 10.3. The van der Waals surface area contributed by atoms with E-state index in [0.717, 1.165) is 0 Å². The minimum atomic E-state index is -0.969. The molecule has 4 nitrogen and oxygen atoms in total. The third-order valence-electron chi connectivity index (χ3n) is 1.98. The molecule has 0 spiro atoms. The Hall–Kier alpha value is -2.10. The van der Waals surface area contributed by atoms with Crippen LogP contribution in [0.3, 0.4) is 0 Å². The van der Waals surface area contributed by atoms with Crippen LogP contribution in [0.25, 0.3) is 10.9 Å². The maximum absolute atomic E-state index is 10.9. The minimum absolute atomic E-state index is 0.224. The Morgan fingerprint density at radius 2 is 2.21 bits per heavy atom. The number of benzene rings is 1. The van der Waals surface area contributed by atoms with Gasteiger partial charge in [-0.25, -0.2) is 4.79 Å². The molecule has 0 aliphatic heterocycles. The number of hydrogen-bond donors (Lipinski definition) is 2. The zero-order valence-corrected chi connectivity index (χ0v) is 7.27. The predicted octanol–water partition coefficient (Wildman–Crippen LogP) is 1.52. The molecule has 0 aliphatic rings. The number of hydrogen-bond acceptors (Lipinski definition) is 3. The summed E-state index contributed by atoms with van der Waals surface area (Å²) in [6, 6.07) is 6.56. The van der Waals surface area contributed by atoms with Crippen LogP contribution < -0.4 is 5.73 Å². The number of rotatable bonds is 1. The fraction of sp³-hybridized carbons (Fsp3) is 0. The largest absolute Gasteiger partial charge is 0.478 e. The Balaban J connectivity index is 2.84. The van der Waals surface area contributed by atoms with Crippen LogP contribution in [0.5, 0.6) is 0 Å². The van der Waals surface area contributed by atoms with Crippen LogP contribution in [0.4, 0.5) is 5.69 Å². The maximum Gasteiger partial charge on any atom is 0.336 e. The Bertz CT molecular complexity index is 508. The number of nitrogen functional groups attached to an aromatic ring is 1. The summed E-state index contributed by atoms with van der Waals surface area (Å²) in [6.07, 6.45) is 1.51. The smallest absolute Gasteiger partial charge is 0.336 e. The molecule has 1 aromatic carbocycles. The number of fused-ring (bicyclic) bond motifs is 1. The van der Waals surface area contributed by atoms with Crippen molar-refractivity contribution in [3.63, 3.8) is 0 Å². The van der Waals surface area contributed by atoms with E-state index in [1.54, 1.807) is 18.2 Å². The number of nitrogens with zero attached hydrogens (tertiary/aromatic N) is 1. The summed E-state index contributed by atoms with van der Waals surface area (Å²) in [7, 11) is 0. The van der Waals surface area contributed by atoms with Crippen molar-refractivity contribution in [2.24, 2.45) is 0 Å². The average molecular weight is 188 g/mol. The molecule has 0 atom stereocenters. The fourth-order valence-corrected chi connectivity index (χ4v) is 1.35. The quantitative estimate of drug-likeness (QED) is 0.711. The molecule has 4 heteroatoms. The van der Waals surface area contributed by atoms with E-state index < -0.39 is 5.97 Å². The third-order valence-corrected chi connectivity index (χ3v) is 1.98. The second-order valence-electron chi connectivity index (χ2n) is 2.95. The summed E-state index contributed by atoms with van der Waals surface area (Å²) in [5.41, 5.74) is 6.86. The topological polar surface area (TPSA) is 76.2 Å². The predicted molar refractivity (Wildman–Crippen MR) is 53.1 cm³/mol. The second kappa shape index (κ2) is 2.99. The van der Waals surface area contributed by atoms with E-state index >= 15 is 0 Å². The summed E-state index contributed by atoms with van der Waals surface area (Å²) in [4.78, 5) is 14.9. The maximum atomic E-state index is 10.9. The van der Waals surface area contributed by atoms with Crippen LogP contribution in [-0.2, 0) is 0 Å². The van der Waals surface area contributed by atoms with E-state index in [4.69, 9.17) is 10.8 Å². The summed E-state index contributed by atoms with van der Waals surface area (Å²) >= 11 is 0. The molecule has 2 aromatic rings.